The number of carbonyl (C=O) groups is 1. The number of methoxy groups -OCH3 is 1. The molecule has 0 aliphatic heterocycles. The number of hydrogen-bond donors (Lipinski definition) is 2. The van der Waals surface area contributed by atoms with E-state index in [0.717, 1.165) is 12.1 Å². The summed E-state index contributed by atoms with van der Waals surface area (Å²) in [5, 5.41) is 16.3. The Morgan fingerprint density at radius 3 is 2.72 bits per heavy atom. The van der Waals surface area contributed by atoms with Crippen LogP contribution in [0.25, 0.3) is 11.4 Å². The quantitative estimate of drug-likeness (QED) is 0.478. The molecule has 0 aliphatic carbocycles. The normalized spacial score (nSPS) is 10.3. The lowest BCUT2D eigenvalue weighted by Crippen LogP contribution is -2.17. The smallest absolute Gasteiger partial charge is 0.307 e. The van der Waals surface area contributed by atoms with Gasteiger partial charge in [0.25, 0.3) is 5.91 Å². The van der Waals surface area contributed by atoms with E-state index >= 15 is 0 Å². The third-order valence-corrected chi connectivity index (χ3v) is 3.89. The van der Waals surface area contributed by atoms with Crippen LogP contribution in [0.1, 0.15) is 10.4 Å². The van der Waals surface area contributed by atoms with Crippen molar-refractivity contribution < 1.29 is 18.8 Å². The summed E-state index contributed by atoms with van der Waals surface area (Å²) in [5.41, 5.74) is 0.377. The molecule has 148 valence electrons. The summed E-state index contributed by atoms with van der Waals surface area (Å²) in [6.45, 7) is 0. The first kappa shape index (κ1) is 19.6. The van der Waals surface area contributed by atoms with E-state index in [9.17, 15) is 19.3 Å². The van der Waals surface area contributed by atoms with E-state index < -0.39 is 16.4 Å². The van der Waals surface area contributed by atoms with Crippen LogP contribution in [0.15, 0.2) is 42.7 Å². The first-order chi connectivity index (χ1) is 13.9. The number of halogens is 1. The molecule has 1 heterocycles. The second kappa shape index (κ2) is 8.25. The fourth-order valence-corrected chi connectivity index (χ4v) is 2.51. The Hall–Kier alpha value is -4.15. The maximum Gasteiger partial charge on any atom is 0.307 e. The number of anilines is 2. The van der Waals surface area contributed by atoms with Crippen LogP contribution in [-0.4, -0.2) is 39.9 Å². The van der Waals surface area contributed by atoms with Crippen molar-refractivity contribution in [1.29, 1.82) is 0 Å². The van der Waals surface area contributed by atoms with Crippen LogP contribution in [-0.2, 0) is 0 Å². The van der Waals surface area contributed by atoms with Crippen molar-refractivity contribution in [2.45, 2.75) is 0 Å². The number of aromatic nitrogens is 3. The zero-order chi connectivity index (χ0) is 21.0. The Balaban J connectivity index is 1.96. The molecule has 3 rings (SSSR count). The van der Waals surface area contributed by atoms with Gasteiger partial charge < -0.3 is 15.4 Å². The highest BCUT2D eigenvalue weighted by molar-refractivity contribution is 5.95. The maximum atomic E-state index is 13.8. The topological polar surface area (TPSA) is 132 Å². The van der Waals surface area contributed by atoms with Gasteiger partial charge in [0.15, 0.2) is 5.82 Å². The molecule has 1 aromatic heterocycles. The van der Waals surface area contributed by atoms with E-state index in [1.807, 2.05) is 0 Å². The Bertz CT molecular complexity index is 1090. The average Bonchev–Trinajstić information content (AvgIpc) is 2.74. The van der Waals surface area contributed by atoms with Crippen molar-refractivity contribution in [3.8, 4) is 17.1 Å². The minimum absolute atomic E-state index is 0.0386. The predicted molar refractivity (Wildman–Crippen MR) is 102 cm³/mol. The molecule has 0 radical (unpaired) electrons. The summed E-state index contributed by atoms with van der Waals surface area (Å²) < 4.78 is 18.9. The number of ether oxygens (including phenoxy) is 1. The molecule has 0 saturated heterocycles. The van der Waals surface area contributed by atoms with Crippen LogP contribution in [0.3, 0.4) is 0 Å². The van der Waals surface area contributed by atoms with Crippen molar-refractivity contribution >= 4 is 23.2 Å². The van der Waals surface area contributed by atoms with Gasteiger partial charge >= 0.3 is 5.69 Å². The molecule has 11 heteroatoms. The maximum absolute atomic E-state index is 13.8. The highest BCUT2D eigenvalue weighted by Crippen LogP contribution is 2.33. The molecular weight excluding hydrogens is 383 g/mol. The summed E-state index contributed by atoms with van der Waals surface area (Å²) in [6, 6.07) is 8.55. The fourth-order valence-electron chi connectivity index (χ4n) is 2.51. The van der Waals surface area contributed by atoms with E-state index in [4.69, 9.17) is 4.74 Å². The van der Waals surface area contributed by atoms with Crippen LogP contribution in [0.5, 0.6) is 5.75 Å². The van der Waals surface area contributed by atoms with Gasteiger partial charge in [-0.2, -0.15) is 9.37 Å². The minimum Gasteiger partial charge on any atom is -0.494 e. The number of amides is 1. The zero-order valence-electron chi connectivity index (χ0n) is 15.3. The van der Waals surface area contributed by atoms with Gasteiger partial charge in [-0.05, 0) is 12.1 Å². The molecule has 3 aromatic rings. The lowest BCUT2D eigenvalue weighted by molar-refractivity contribution is -0.387. The average molecular weight is 398 g/mol. The minimum atomic E-state index is -1.03. The van der Waals surface area contributed by atoms with E-state index in [0.29, 0.717) is 11.1 Å². The van der Waals surface area contributed by atoms with Gasteiger partial charge in [0.05, 0.1) is 17.7 Å². The summed E-state index contributed by atoms with van der Waals surface area (Å²) >= 11 is 0. The van der Waals surface area contributed by atoms with Crippen molar-refractivity contribution in [1.82, 2.24) is 20.3 Å². The molecule has 10 nitrogen and oxygen atoms in total. The SMILES string of the molecule is CNC(=O)c1cccc(-c2ncnc(Nc3cc([N+](=O)[O-])c(F)cc3OC)n2)c1. The van der Waals surface area contributed by atoms with Crippen LogP contribution in [0, 0.1) is 15.9 Å². The van der Waals surface area contributed by atoms with E-state index in [1.165, 1.54) is 20.5 Å². The van der Waals surface area contributed by atoms with Crippen molar-refractivity contribution in [2.24, 2.45) is 0 Å². The molecule has 0 atom stereocenters. The number of hydrogen-bond acceptors (Lipinski definition) is 8. The van der Waals surface area contributed by atoms with Gasteiger partial charge in [0.1, 0.15) is 12.1 Å². The number of rotatable bonds is 6. The highest BCUT2D eigenvalue weighted by atomic mass is 19.1. The summed E-state index contributed by atoms with van der Waals surface area (Å²) in [5.74, 6) is -0.928. The third-order valence-electron chi connectivity index (χ3n) is 3.89. The first-order valence-electron chi connectivity index (χ1n) is 8.23. The first-order valence-corrected chi connectivity index (χ1v) is 8.23. The fraction of sp³-hybridized carbons (Fsp3) is 0.111. The van der Waals surface area contributed by atoms with Crippen LogP contribution in [0.4, 0.5) is 21.7 Å². The Labute approximate surface area is 163 Å². The molecule has 0 aliphatic rings. The van der Waals surface area contributed by atoms with Crippen molar-refractivity contribution in [3.63, 3.8) is 0 Å². The number of nitrogens with zero attached hydrogens (tertiary/aromatic N) is 4. The second-order valence-corrected chi connectivity index (χ2v) is 5.68. The molecule has 1 amide bonds. The molecule has 0 bridgehead atoms. The van der Waals surface area contributed by atoms with E-state index in [-0.39, 0.29) is 29.1 Å². The van der Waals surface area contributed by atoms with Crippen molar-refractivity contribution in [2.75, 3.05) is 19.5 Å². The summed E-state index contributed by atoms with van der Waals surface area (Å²) in [4.78, 5) is 34.3. The zero-order valence-corrected chi connectivity index (χ0v) is 15.3. The highest BCUT2D eigenvalue weighted by Gasteiger charge is 2.20. The number of benzene rings is 2. The molecule has 2 N–H and O–H groups in total. The molecule has 0 unspecified atom stereocenters. The second-order valence-electron chi connectivity index (χ2n) is 5.68. The Morgan fingerprint density at radius 2 is 2.03 bits per heavy atom. The van der Waals surface area contributed by atoms with E-state index in [2.05, 4.69) is 25.6 Å². The van der Waals surface area contributed by atoms with Gasteiger partial charge in [-0.3, -0.25) is 14.9 Å². The van der Waals surface area contributed by atoms with Gasteiger partial charge in [-0.1, -0.05) is 12.1 Å². The number of nitro groups is 1. The van der Waals surface area contributed by atoms with Crippen LogP contribution < -0.4 is 15.4 Å². The molecule has 0 fully saturated rings. The van der Waals surface area contributed by atoms with E-state index in [1.54, 1.807) is 24.3 Å². The lowest BCUT2D eigenvalue weighted by Gasteiger charge is -2.11. The van der Waals surface area contributed by atoms with Gasteiger partial charge in [0, 0.05) is 30.3 Å². The Kier molecular flexibility index (Phi) is 5.58. The van der Waals surface area contributed by atoms with Crippen molar-refractivity contribution in [3.05, 3.63) is 64.2 Å². The predicted octanol–water partition coefficient (Wildman–Crippen LogP) is 2.70. The molecule has 29 heavy (non-hydrogen) atoms. The molecule has 0 spiro atoms. The summed E-state index contributed by atoms with van der Waals surface area (Å²) in [7, 11) is 2.82. The molecular formula is C18H15FN6O4. The largest absolute Gasteiger partial charge is 0.494 e. The Morgan fingerprint density at radius 1 is 1.24 bits per heavy atom. The standard InChI is InChI=1S/C18H15FN6O4/c1-20-17(26)11-5-3-4-10(6-11)16-21-9-22-18(24-16)23-13-8-14(25(27)28)12(19)7-15(13)29-2/h3-9H,1-2H3,(H,20,26)(H,21,22,23,24). The van der Waals surface area contributed by atoms with Gasteiger partial charge in [0.2, 0.25) is 11.8 Å². The third kappa shape index (κ3) is 4.24. The lowest BCUT2D eigenvalue weighted by atomic mass is 10.1. The number of nitrogens with one attached hydrogen (secondary N) is 2. The van der Waals surface area contributed by atoms with Crippen LogP contribution in [0.2, 0.25) is 0 Å². The monoisotopic (exact) mass is 398 g/mol. The van der Waals surface area contributed by atoms with Gasteiger partial charge in [-0.15, -0.1) is 0 Å². The number of nitro benzene ring substituents is 1. The van der Waals surface area contributed by atoms with Crippen LogP contribution >= 0.6 is 0 Å². The van der Waals surface area contributed by atoms with Gasteiger partial charge in [-0.25, -0.2) is 9.97 Å². The number of carbonyl (C=O) groups excluding carboxylic acids is 1. The summed E-state index contributed by atoms with van der Waals surface area (Å²) in [6.07, 6.45) is 1.24. The molecule has 2 aromatic carbocycles. The molecule has 0 saturated carbocycles.